The average Bonchev–Trinajstić information content (AvgIpc) is 2.72. The van der Waals surface area contributed by atoms with Crippen molar-refractivity contribution in [2.24, 2.45) is 0 Å². The average molecular weight is 214 g/mol. The second-order valence-electron chi connectivity index (χ2n) is 3.35. The minimum absolute atomic E-state index is 0.383. The van der Waals surface area contributed by atoms with Gasteiger partial charge in [-0.2, -0.15) is 0 Å². The van der Waals surface area contributed by atoms with E-state index in [0.29, 0.717) is 17.0 Å². The molecule has 0 amide bonds. The number of aromatic amines is 1. The molecule has 0 bridgehead atoms. The molecule has 0 saturated heterocycles. The van der Waals surface area contributed by atoms with E-state index in [0.717, 1.165) is 11.7 Å². The Bertz CT molecular complexity index is 614. The third kappa shape index (κ3) is 1.42. The first-order valence-electron chi connectivity index (χ1n) is 4.74. The number of aromatic nitrogens is 4. The van der Waals surface area contributed by atoms with Crippen molar-refractivity contribution in [3.63, 3.8) is 0 Å². The van der Waals surface area contributed by atoms with Gasteiger partial charge in [0.15, 0.2) is 5.65 Å². The Labute approximate surface area is 90.2 Å². The first kappa shape index (κ1) is 8.96. The molecule has 0 fully saturated rings. The van der Waals surface area contributed by atoms with E-state index in [1.54, 1.807) is 12.4 Å². The fourth-order valence-corrected chi connectivity index (χ4v) is 1.52. The predicted octanol–water partition coefficient (Wildman–Crippen LogP) is 2.16. The van der Waals surface area contributed by atoms with Crippen molar-refractivity contribution < 1.29 is 4.39 Å². The van der Waals surface area contributed by atoms with Crippen LogP contribution in [0.4, 0.5) is 4.39 Å². The first-order valence-corrected chi connectivity index (χ1v) is 4.74. The van der Waals surface area contributed by atoms with Crippen LogP contribution in [0, 0.1) is 5.82 Å². The largest absolute Gasteiger partial charge is 0.337 e. The molecule has 0 aliphatic heterocycles. The summed E-state index contributed by atoms with van der Waals surface area (Å²) in [5, 5.41) is 0. The molecule has 16 heavy (non-hydrogen) atoms. The van der Waals surface area contributed by atoms with E-state index in [1.807, 2.05) is 12.1 Å². The third-order valence-electron chi connectivity index (χ3n) is 2.24. The summed E-state index contributed by atoms with van der Waals surface area (Å²) in [7, 11) is 0. The monoisotopic (exact) mass is 214 g/mol. The third-order valence-corrected chi connectivity index (χ3v) is 2.24. The zero-order valence-electron chi connectivity index (χ0n) is 8.18. The molecular weight excluding hydrogens is 207 g/mol. The van der Waals surface area contributed by atoms with Gasteiger partial charge in [0.1, 0.15) is 11.6 Å². The quantitative estimate of drug-likeness (QED) is 0.675. The Kier molecular flexibility index (Phi) is 1.89. The van der Waals surface area contributed by atoms with Gasteiger partial charge in [-0.05, 0) is 18.2 Å². The highest BCUT2D eigenvalue weighted by molar-refractivity contribution is 5.75. The molecule has 3 heterocycles. The van der Waals surface area contributed by atoms with Gasteiger partial charge in [0.2, 0.25) is 0 Å². The van der Waals surface area contributed by atoms with Crippen molar-refractivity contribution in [2.45, 2.75) is 0 Å². The summed E-state index contributed by atoms with van der Waals surface area (Å²) in [6.45, 7) is 0. The van der Waals surface area contributed by atoms with Crippen molar-refractivity contribution >= 4 is 11.2 Å². The second-order valence-corrected chi connectivity index (χ2v) is 3.35. The normalized spacial score (nSPS) is 10.8. The number of rotatable bonds is 1. The summed E-state index contributed by atoms with van der Waals surface area (Å²) in [5.41, 5.74) is 2.04. The maximum Gasteiger partial charge on any atom is 0.178 e. The van der Waals surface area contributed by atoms with Crippen LogP contribution in [0.5, 0.6) is 0 Å². The van der Waals surface area contributed by atoms with Crippen LogP contribution >= 0.6 is 0 Å². The van der Waals surface area contributed by atoms with E-state index in [9.17, 15) is 4.39 Å². The Morgan fingerprint density at radius 2 is 2.19 bits per heavy atom. The van der Waals surface area contributed by atoms with Gasteiger partial charge in [-0.3, -0.25) is 4.98 Å². The van der Waals surface area contributed by atoms with Gasteiger partial charge in [0, 0.05) is 18.0 Å². The molecule has 0 aliphatic carbocycles. The zero-order valence-corrected chi connectivity index (χ0v) is 8.18. The van der Waals surface area contributed by atoms with Crippen LogP contribution in [-0.4, -0.2) is 19.9 Å². The van der Waals surface area contributed by atoms with Crippen molar-refractivity contribution in [1.82, 2.24) is 19.9 Å². The zero-order chi connectivity index (χ0) is 11.0. The van der Waals surface area contributed by atoms with Gasteiger partial charge in [-0.25, -0.2) is 14.4 Å². The van der Waals surface area contributed by atoms with E-state index in [2.05, 4.69) is 19.9 Å². The highest BCUT2D eigenvalue weighted by atomic mass is 19.1. The van der Waals surface area contributed by atoms with Crippen LogP contribution in [0.1, 0.15) is 0 Å². The molecule has 0 spiro atoms. The van der Waals surface area contributed by atoms with E-state index in [1.165, 1.54) is 6.07 Å². The molecule has 3 aromatic rings. The highest BCUT2D eigenvalue weighted by Crippen LogP contribution is 2.18. The molecular formula is C11H7FN4. The van der Waals surface area contributed by atoms with Crippen LogP contribution in [0.25, 0.3) is 22.6 Å². The van der Waals surface area contributed by atoms with Gasteiger partial charge < -0.3 is 4.98 Å². The second kappa shape index (κ2) is 3.37. The van der Waals surface area contributed by atoms with Crippen molar-refractivity contribution in [1.29, 1.82) is 0 Å². The topological polar surface area (TPSA) is 54.5 Å². The Morgan fingerprint density at radius 1 is 1.25 bits per heavy atom. The van der Waals surface area contributed by atoms with Crippen molar-refractivity contribution in [3.8, 4) is 11.4 Å². The van der Waals surface area contributed by atoms with Crippen molar-refractivity contribution in [3.05, 3.63) is 42.6 Å². The molecule has 0 unspecified atom stereocenters. The predicted molar refractivity (Wildman–Crippen MR) is 57.1 cm³/mol. The van der Waals surface area contributed by atoms with Gasteiger partial charge in [-0.15, -0.1) is 0 Å². The van der Waals surface area contributed by atoms with E-state index in [4.69, 9.17) is 0 Å². The molecule has 0 radical (unpaired) electrons. The van der Waals surface area contributed by atoms with E-state index in [-0.39, 0.29) is 5.82 Å². The van der Waals surface area contributed by atoms with Crippen LogP contribution < -0.4 is 0 Å². The number of nitrogens with one attached hydrogen (secondary N) is 1. The number of hydrogen-bond acceptors (Lipinski definition) is 3. The van der Waals surface area contributed by atoms with Crippen molar-refractivity contribution in [2.75, 3.05) is 0 Å². The van der Waals surface area contributed by atoms with Gasteiger partial charge in [0.05, 0.1) is 11.7 Å². The summed E-state index contributed by atoms with van der Waals surface area (Å²) in [6, 6.07) is 5.06. The highest BCUT2D eigenvalue weighted by Gasteiger charge is 2.06. The number of hydrogen-bond donors (Lipinski definition) is 1. The van der Waals surface area contributed by atoms with Gasteiger partial charge >= 0.3 is 0 Å². The van der Waals surface area contributed by atoms with E-state index < -0.39 is 0 Å². The Balaban J connectivity index is 2.19. The van der Waals surface area contributed by atoms with Gasteiger partial charge in [-0.1, -0.05) is 0 Å². The van der Waals surface area contributed by atoms with Crippen LogP contribution in [0.3, 0.4) is 0 Å². The Morgan fingerprint density at radius 3 is 3.00 bits per heavy atom. The fourth-order valence-electron chi connectivity index (χ4n) is 1.52. The first-order chi connectivity index (χ1) is 7.83. The molecule has 0 saturated carbocycles. The summed E-state index contributed by atoms with van der Waals surface area (Å²) in [6.07, 6.45) is 4.38. The molecule has 1 N–H and O–H groups in total. The summed E-state index contributed by atoms with van der Waals surface area (Å²) in [4.78, 5) is 15.2. The minimum Gasteiger partial charge on any atom is -0.337 e. The summed E-state index contributed by atoms with van der Waals surface area (Å²) >= 11 is 0. The molecule has 3 rings (SSSR count). The smallest absolute Gasteiger partial charge is 0.178 e. The number of halogens is 1. The summed E-state index contributed by atoms with van der Waals surface area (Å²) < 4.78 is 13.0. The lowest BCUT2D eigenvalue weighted by atomic mass is 10.3. The number of fused-ring (bicyclic) bond motifs is 1. The lowest BCUT2D eigenvalue weighted by Gasteiger charge is -1.94. The van der Waals surface area contributed by atoms with Crippen LogP contribution in [0.2, 0.25) is 0 Å². The molecule has 0 aliphatic rings. The maximum absolute atomic E-state index is 13.0. The standard InChI is InChI=1S/C11H7FN4/c12-8-4-7(5-13-6-8)10-15-9-2-1-3-14-11(9)16-10/h1-6H,(H,14,15,16). The molecule has 78 valence electrons. The Hall–Kier alpha value is -2.30. The van der Waals surface area contributed by atoms with E-state index >= 15 is 0 Å². The molecule has 5 heteroatoms. The number of pyridine rings is 2. The minimum atomic E-state index is -0.383. The molecule has 4 nitrogen and oxygen atoms in total. The SMILES string of the molecule is Fc1cncc(-c2nc3ncccc3[nH]2)c1. The molecule has 0 aromatic carbocycles. The summed E-state index contributed by atoms with van der Waals surface area (Å²) in [5.74, 6) is 0.187. The molecule has 3 aromatic heterocycles. The van der Waals surface area contributed by atoms with Crippen LogP contribution in [0.15, 0.2) is 36.8 Å². The lowest BCUT2D eigenvalue weighted by Crippen LogP contribution is -1.84. The maximum atomic E-state index is 13.0. The van der Waals surface area contributed by atoms with Gasteiger partial charge in [0.25, 0.3) is 0 Å². The fraction of sp³-hybridized carbons (Fsp3) is 0. The number of H-pyrrole nitrogens is 1. The molecule has 0 atom stereocenters. The number of imidazole rings is 1. The van der Waals surface area contributed by atoms with Crippen LogP contribution in [-0.2, 0) is 0 Å². The lowest BCUT2D eigenvalue weighted by molar-refractivity contribution is 0.622. The number of nitrogens with zero attached hydrogens (tertiary/aromatic N) is 3.